The van der Waals surface area contributed by atoms with E-state index in [9.17, 15) is 4.79 Å². The molecule has 0 fully saturated rings. The summed E-state index contributed by atoms with van der Waals surface area (Å²) in [5.41, 5.74) is 3.73. The summed E-state index contributed by atoms with van der Waals surface area (Å²) in [4.78, 5) is 11.9. The van der Waals surface area contributed by atoms with E-state index in [4.69, 9.17) is 4.74 Å². The molecule has 4 heteroatoms. The lowest BCUT2D eigenvalue weighted by atomic mass is 9.91. The molecular formula is C16H18BrNO2. The fourth-order valence-corrected chi connectivity index (χ4v) is 3.75. The highest BCUT2D eigenvalue weighted by Gasteiger charge is 2.23. The third kappa shape index (κ3) is 2.06. The molecule has 1 aliphatic rings. The number of aryl methyl sites for hydroxylation is 2. The standard InChI is InChI=1S/C16H18BrNO2/c1-3-12(16(19)20-2)11-7-10-5-4-6-18-9-14(17)13(8-11)15(10)18/h7-9,12H,3-6H2,1-2H3. The van der Waals surface area contributed by atoms with Crippen LogP contribution < -0.4 is 0 Å². The van der Waals surface area contributed by atoms with Gasteiger partial charge in [-0.25, -0.2) is 0 Å². The Balaban J connectivity index is 2.19. The largest absolute Gasteiger partial charge is 0.469 e. The van der Waals surface area contributed by atoms with E-state index in [0.29, 0.717) is 0 Å². The summed E-state index contributed by atoms with van der Waals surface area (Å²) in [6.07, 6.45) is 5.15. The van der Waals surface area contributed by atoms with Gasteiger partial charge in [-0.05, 0) is 52.4 Å². The van der Waals surface area contributed by atoms with Crippen molar-refractivity contribution in [3.8, 4) is 0 Å². The van der Waals surface area contributed by atoms with Crippen LogP contribution in [0.25, 0.3) is 10.9 Å². The molecule has 2 aromatic rings. The number of nitrogens with zero attached hydrogens (tertiary/aromatic N) is 1. The minimum absolute atomic E-state index is 0.148. The third-order valence-corrected chi connectivity index (χ3v) is 4.80. The molecule has 3 rings (SSSR count). The Bertz CT molecular complexity index is 675. The summed E-state index contributed by atoms with van der Waals surface area (Å²) in [5.74, 6) is -0.316. The summed E-state index contributed by atoms with van der Waals surface area (Å²) in [6, 6.07) is 4.32. The second kappa shape index (κ2) is 5.24. The van der Waals surface area contributed by atoms with Crippen molar-refractivity contribution >= 4 is 32.8 Å². The van der Waals surface area contributed by atoms with Gasteiger partial charge >= 0.3 is 5.97 Å². The zero-order valence-corrected chi connectivity index (χ0v) is 13.4. The molecule has 1 aromatic carbocycles. The van der Waals surface area contributed by atoms with Gasteiger partial charge in [0, 0.05) is 22.6 Å². The van der Waals surface area contributed by atoms with Crippen molar-refractivity contribution in [3.63, 3.8) is 0 Å². The molecule has 1 aliphatic heterocycles. The Morgan fingerprint density at radius 2 is 2.30 bits per heavy atom. The summed E-state index contributed by atoms with van der Waals surface area (Å²) in [5, 5.41) is 1.21. The highest BCUT2D eigenvalue weighted by atomic mass is 79.9. The van der Waals surface area contributed by atoms with E-state index in [0.717, 1.165) is 35.8 Å². The Kier molecular flexibility index (Phi) is 3.59. The van der Waals surface area contributed by atoms with Gasteiger partial charge in [0.2, 0.25) is 0 Å². The molecule has 0 saturated heterocycles. The van der Waals surface area contributed by atoms with E-state index in [1.54, 1.807) is 0 Å². The quantitative estimate of drug-likeness (QED) is 0.793. The molecule has 0 aliphatic carbocycles. The molecular weight excluding hydrogens is 318 g/mol. The van der Waals surface area contributed by atoms with Crippen LogP contribution in [-0.2, 0) is 22.5 Å². The normalized spacial score (nSPS) is 15.3. The van der Waals surface area contributed by atoms with Crippen LogP contribution in [0.2, 0.25) is 0 Å². The van der Waals surface area contributed by atoms with Gasteiger partial charge < -0.3 is 9.30 Å². The van der Waals surface area contributed by atoms with Crippen molar-refractivity contribution in [3.05, 3.63) is 33.9 Å². The van der Waals surface area contributed by atoms with Crippen LogP contribution in [0.3, 0.4) is 0 Å². The maximum absolute atomic E-state index is 11.9. The number of hydrogen-bond acceptors (Lipinski definition) is 2. The van der Waals surface area contributed by atoms with Gasteiger partial charge in [0.25, 0.3) is 0 Å². The van der Waals surface area contributed by atoms with Crippen molar-refractivity contribution in [2.75, 3.05) is 7.11 Å². The number of ether oxygens (including phenoxy) is 1. The fourth-order valence-electron chi connectivity index (χ4n) is 3.20. The number of carbonyl (C=O) groups is 1. The monoisotopic (exact) mass is 335 g/mol. The summed E-state index contributed by atoms with van der Waals surface area (Å²) >= 11 is 3.64. The zero-order chi connectivity index (χ0) is 14.3. The number of benzene rings is 1. The summed E-state index contributed by atoms with van der Waals surface area (Å²) < 4.78 is 8.35. The van der Waals surface area contributed by atoms with Crippen molar-refractivity contribution in [2.45, 2.75) is 38.6 Å². The minimum Gasteiger partial charge on any atom is -0.469 e. The second-order valence-electron chi connectivity index (χ2n) is 5.33. The maximum Gasteiger partial charge on any atom is 0.313 e. The first-order chi connectivity index (χ1) is 9.65. The smallest absolute Gasteiger partial charge is 0.313 e. The highest BCUT2D eigenvalue weighted by molar-refractivity contribution is 9.10. The lowest BCUT2D eigenvalue weighted by molar-refractivity contribution is -0.142. The van der Waals surface area contributed by atoms with Crippen molar-refractivity contribution in [1.82, 2.24) is 4.57 Å². The van der Waals surface area contributed by atoms with Crippen molar-refractivity contribution < 1.29 is 9.53 Å². The molecule has 0 saturated carbocycles. The average molecular weight is 336 g/mol. The van der Waals surface area contributed by atoms with E-state index in [-0.39, 0.29) is 11.9 Å². The first-order valence-corrected chi connectivity index (χ1v) is 7.84. The molecule has 106 valence electrons. The van der Waals surface area contributed by atoms with Crippen LogP contribution >= 0.6 is 15.9 Å². The number of esters is 1. The highest BCUT2D eigenvalue weighted by Crippen LogP contribution is 2.36. The van der Waals surface area contributed by atoms with Gasteiger partial charge in [0.1, 0.15) is 0 Å². The van der Waals surface area contributed by atoms with Crippen molar-refractivity contribution in [2.24, 2.45) is 0 Å². The Morgan fingerprint density at radius 3 is 3.00 bits per heavy atom. The van der Waals surface area contributed by atoms with Crippen LogP contribution in [0.4, 0.5) is 0 Å². The molecule has 3 nitrogen and oxygen atoms in total. The second-order valence-corrected chi connectivity index (χ2v) is 6.19. The molecule has 0 amide bonds. The molecule has 1 unspecified atom stereocenters. The lowest BCUT2D eigenvalue weighted by Crippen LogP contribution is -2.14. The summed E-state index contributed by atoms with van der Waals surface area (Å²) in [7, 11) is 1.46. The number of aromatic nitrogens is 1. The van der Waals surface area contributed by atoms with E-state index in [1.165, 1.54) is 23.6 Å². The van der Waals surface area contributed by atoms with Gasteiger partial charge in [0.05, 0.1) is 18.5 Å². The van der Waals surface area contributed by atoms with Crippen LogP contribution in [0, 0.1) is 0 Å². The molecule has 0 radical (unpaired) electrons. The molecule has 0 N–H and O–H groups in total. The molecule has 1 aromatic heterocycles. The SMILES string of the molecule is CCC(C(=O)OC)c1cc2c3c(c1)c(Br)cn3CCC2. The van der Waals surface area contributed by atoms with Crippen LogP contribution in [0.5, 0.6) is 0 Å². The van der Waals surface area contributed by atoms with Crippen LogP contribution in [0.1, 0.15) is 36.8 Å². The predicted molar refractivity (Wildman–Crippen MR) is 83.0 cm³/mol. The lowest BCUT2D eigenvalue weighted by Gasteiger charge is -2.19. The third-order valence-electron chi connectivity index (χ3n) is 4.17. The number of methoxy groups -OCH3 is 1. The van der Waals surface area contributed by atoms with Crippen molar-refractivity contribution in [1.29, 1.82) is 0 Å². The zero-order valence-electron chi connectivity index (χ0n) is 11.8. The van der Waals surface area contributed by atoms with Crippen LogP contribution in [0.15, 0.2) is 22.8 Å². The average Bonchev–Trinajstić information content (AvgIpc) is 2.78. The number of halogens is 1. The van der Waals surface area contributed by atoms with E-state index in [2.05, 4.69) is 38.8 Å². The molecule has 2 heterocycles. The maximum atomic E-state index is 11.9. The first-order valence-electron chi connectivity index (χ1n) is 7.04. The first kappa shape index (κ1) is 13.7. The van der Waals surface area contributed by atoms with Gasteiger partial charge in [0.15, 0.2) is 0 Å². The van der Waals surface area contributed by atoms with Gasteiger partial charge in [-0.2, -0.15) is 0 Å². The van der Waals surface area contributed by atoms with E-state index in [1.807, 2.05) is 6.92 Å². The van der Waals surface area contributed by atoms with E-state index < -0.39 is 0 Å². The van der Waals surface area contributed by atoms with E-state index >= 15 is 0 Å². The fraction of sp³-hybridized carbons (Fsp3) is 0.438. The number of rotatable bonds is 3. The molecule has 0 spiro atoms. The number of carbonyl (C=O) groups excluding carboxylic acids is 1. The number of hydrogen-bond donors (Lipinski definition) is 0. The molecule has 20 heavy (non-hydrogen) atoms. The van der Waals surface area contributed by atoms with Gasteiger partial charge in [-0.1, -0.05) is 13.0 Å². The predicted octanol–water partition coefficient (Wildman–Crippen LogP) is 4.02. The topological polar surface area (TPSA) is 31.2 Å². The Hall–Kier alpha value is -1.29. The Labute approximate surface area is 127 Å². The Morgan fingerprint density at radius 1 is 1.50 bits per heavy atom. The van der Waals surface area contributed by atoms with Gasteiger partial charge in [-0.3, -0.25) is 4.79 Å². The molecule has 0 bridgehead atoms. The van der Waals surface area contributed by atoms with Gasteiger partial charge in [-0.15, -0.1) is 0 Å². The summed E-state index contributed by atoms with van der Waals surface area (Å²) in [6.45, 7) is 3.10. The molecule has 1 atom stereocenters. The minimum atomic E-state index is -0.169. The van der Waals surface area contributed by atoms with Crippen LogP contribution in [-0.4, -0.2) is 17.6 Å².